The molecule has 2 N–H and O–H groups in total. The van der Waals surface area contributed by atoms with Gasteiger partial charge in [-0.2, -0.15) is 0 Å². The van der Waals surface area contributed by atoms with Crippen LogP contribution in [0.2, 0.25) is 0 Å². The number of aromatic nitrogens is 2. The number of para-hydroxylation sites is 1. The molecule has 150 valence electrons. The van der Waals surface area contributed by atoms with Crippen molar-refractivity contribution >= 4 is 39.7 Å². The van der Waals surface area contributed by atoms with Gasteiger partial charge in [0.15, 0.2) is 5.82 Å². The van der Waals surface area contributed by atoms with Crippen LogP contribution in [0.3, 0.4) is 0 Å². The number of hydrogen-bond acceptors (Lipinski definition) is 5. The second-order valence-electron chi connectivity index (χ2n) is 7.24. The van der Waals surface area contributed by atoms with Gasteiger partial charge in [-0.25, -0.2) is 9.97 Å². The average molecular weight is 397 g/mol. The van der Waals surface area contributed by atoms with Crippen LogP contribution in [0.4, 0.5) is 22.9 Å². The summed E-state index contributed by atoms with van der Waals surface area (Å²) in [6.07, 6.45) is 0. The summed E-state index contributed by atoms with van der Waals surface area (Å²) in [5.41, 5.74) is 4.47. The van der Waals surface area contributed by atoms with E-state index in [0.29, 0.717) is 11.5 Å². The zero-order valence-corrected chi connectivity index (χ0v) is 17.2. The lowest BCUT2D eigenvalue weighted by Crippen LogP contribution is -2.08. The molecular formula is C24H23N5O. The van der Waals surface area contributed by atoms with Gasteiger partial charge in [-0.15, -0.1) is 0 Å². The highest BCUT2D eigenvalue weighted by Crippen LogP contribution is 2.29. The molecule has 1 heterocycles. The monoisotopic (exact) mass is 397 g/mol. The van der Waals surface area contributed by atoms with Crippen LogP contribution in [0.1, 0.15) is 6.92 Å². The molecule has 0 fully saturated rings. The van der Waals surface area contributed by atoms with Crippen LogP contribution in [-0.2, 0) is 4.79 Å². The van der Waals surface area contributed by atoms with E-state index >= 15 is 0 Å². The lowest BCUT2D eigenvalue weighted by atomic mass is 10.1. The second kappa shape index (κ2) is 8.21. The summed E-state index contributed by atoms with van der Waals surface area (Å²) in [4.78, 5) is 23.0. The van der Waals surface area contributed by atoms with Crippen molar-refractivity contribution in [3.05, 3.63) is 72.8 Å². The molecule has 1 amide bonds. The Labute approximate surface area is 175 Å². The van der Waals surface area contributed by atoms with E-state index in [-0.39, 0.29) is 5.91 Å². The average Bonchev–Trinajstić information content (AvgIpc) is 2.74. The van der Waals surface area contributed by atoms with Crippen molar-refractivity contribution in [3.8, 4) is 11.4 Å². The number of anilines is 4. The normalized spacial score (nSPS) is 10.6. The highest BCUT2D eigenvalue weighted by molar-refractivity contribution is 5.93. The number of rotatable bonds is 5. The van der Waals surface area contributed by atoms with Crippen molar-refractivity contribution in [2.24, 2.45) is 0 Å². The predicted octanol–water partition coefficient (Wildman–Crippen LogP) is 5.06. The fraction of sp³-hybridized carbons (Fsp3) is 0.125. The molecule has 0 saturated carbocycles. The third kappa shape index (κ3) is 4.22. The number of amides is 1. The van der Waals surface area contributed by atoms with Gasteiger partial charge >= 0.3 is 0 Å². The number of nitrogens with one attached hydrogen (secondary N) is 2. The molecule has 6 heteroatoms. The number of benzene rings is 3. The maximum atomic E-state index is 11.4. The number of fused-ring (bicyclic) bond motifs is 1. The van der Waals surface area contributed by atoms with Crippen LogP contribution in [0.25, 0.3) is 22.3 Å². The van der Waals surface area contributed by atoms with Gasteiger partial charge in [-0.3, -0.25) is 4.79 Å². The summed E-state index contributed by atoms with van der Waals surface area (Å²) in [5, 5.41) is 7.18. The number of carbonyl (C=O) groups is 1. The Morgan fingerprint density at radius 3 is 2.37 bits per heavy atom. The lowest BCUT2D eigenvalue weighted by Gasteiger charge is -2.14. The van der Waals surface area contributed by atoms with Crippen LogP contribution in [-0.4, -0.2) is 30.0 Å². The van der Waals surface area contributed by atoms with Gasteiger partial charge in [0.1, 0.15) is 5.82 Å². The summed E-state index contributed by atoms with van der Waals surface area (Å²) >= 11 is 0. The Morgan fingerprint density at radius 2 is 1.63 bits per heavy atom. The van der Waals surface area contributed by atoms with E-state index in [1.165, 1.54) is 6.92 Å². The smallest absolute Gasteiger partial charge is 0.221 e. The van der Waals surface area contributed by atoms with Crippen LogP contribution < -0.4 is 15.5 Å². The molecule has 4 aromatic rings. The van der Waals surface area contributed by atoms with Crippen molar-refractivity contribution < 1.29 is 4.79 Å². The first-order valence-electron chi connectivity index (χ1n) is 9.69. The third-order valence-corrected chi connectivity index (χ3v) is 4.69. The molecule has 6 nitrogen and oxygen atoms in total. The molecule has 0 radical (unpaired) electrons. The van der Waals surface area contributed by atoms with E-state index in [1.54, 1.807) is 0 Å². The van der Waals surface area contributed by atoms with E-state index in [9.17, 15) is 4.79 Å². The molecule has 0 saturated heterocycles. The molecule has 0 aliphatic carbocycles. The summed E-state index contributed by atoms with van der Waals surface area (Å²) in [6.45, 7) is 1.49. The molecule has 30 heavy (non-hydrogen) atoms. The Kier molecular flexibility index (Phi) is 5.30. The van der Waals surface area contributed by atoms with E-state index in [0.717, 1.165) is 33.7 Å². The highest BCUT2D eigenvalue weighted by Gasteiger charge is 2.11. The van der Waals surface area contributed by atoms with Gasteiger partial charge in [0.05, 0.1) is 5.52 Å². The number of hydrogen-bond donors (Lipinski definition) is 2. The van der Waals surface area contributed by atoms with E-state index < -0.39 is 0 Å². The Hall–Kier alpha value is -3.93. The number of carbonyl (C=O) groups excluding carboxylic acids is 1. The lowest BCUT2D eigenvalue weighted by molar-refractivity contribution is -0.114. The van der Waals surface area contributed by atoms with Crippen LogP contribution in [0, 0.1) is 0 Å². The molecule has 4 rings (SSSR count). The van der Waals surface area contributed by atoms with Crippen molar-refractivity contribution in [2.45, 2.75) is 6.92 Å². The molecule has 0 bridgehead atoms. The summed E-state index contributed by atoms with van der Waals surface area (Å²) in [5.74, 6) is 1.21. The Balaban J connectivity index is 1.75. The van der Waals surface area contributed by atoms with Gasteiger partial charge in [-0.1, -0.05) is 24.3 Å². The summed E-state index contributed by atoms with van der Waals surface area (Å²) in [7, 11) is 4.03. The van der Waals surface area contributed by atoms with Crippen molar-refractivity contribution in [1.82, 2.24) is 9.97 Å². The van der Waals surface area contributed by atoms with Gasteiger partial charge in [-0.05, 0) is 48.5 Å². The molecular weight excluding hydrogens is 374 g/mol. The van der Waals surface area contributed by atoms with Gasteiger partial charge in [0.25, 0.3) is 0 Å². The van der Waals surface area contributed by atoms with Gasteiger partial charge in [0.2, 0.25) is 5.91 Å². The molecule has 0 spiro atoms. The van der Waals surface area contributed by atoms with Crippen LogP contribution >= 0.6 is 0 Å². The minimum Gasteiger partial charge on any atom is -0.378 e. The minimum absolute atomic E-state index is 0.116. The highest BCUT2D eigenvalue weighted by atomic mass is 16.1. The zero-order valence-electron chi connectivity index (χ0n) is 17.2. The maximum Gasteiger partial charge on any atom is 0.221 e. The summed E-state index contributed by atoms with van der Waals surface area (Å²) in [6, 6.07) is 23.6. The van der Waals surface area contributed by atoms with E-state index in [2.05, 4.69) is 27.7 Å². The molecule has 0 atom stereocenters. The SMILES string of the molecule is CC(=O)Nc1cccc(-c2nc(Nc3ccc(N(C)C)cc3)c3ccccc3n2)c1. The third-order valence-electron chi connectivity index (χ3n) is 4.69. The maximum absolute atomic E-state index is 11.4. The van der Waals surface area contributed by atoms with Crippen LogP contribution in [0.15, 0.2) is 72.8 Å². The molecule has 0 aliphatic heterocycles. The van der Waals surface area contributed by atoms with Gasteiger partial charge < -0.3 is 15.5 Å². The molecule has 3 aromatic carbocycles. The van der Waals surface area contributed by atoms with Crippen LogP contribution in [0.5, 0.6) is 0 Å². The van der Waals surface area contributed by atoms with Crippen molar-refractivity contribution in [3.63, 3.8) is 0 Å². The zero-order chi connectivity index (χ0) is 21.1. The Morgan fingerprint density at radius 1 is 0.867 bits per heavy atom. The largest absolute Gasteiger partial charge is 0.378 e. The second-order valence-corrected chi connectivity index (χ2v) is 7.24. The standard InChI is InChI=1S/C24H23N5O/c1-16(30)25-19-8-6-7-17(15-19)23-27-22-10-5-4-9-21(22)24(28-23)26-18-11-13-20(14-12-18)29(2)3/h4-15H,1-3H3,(H,25,30)(H,26,27,28). The Bertz CT molecular complexity index is 1200. The first kappa shape index (κ1) is 19.4. The van der Waals surface area contributed by atoms with Gasteiger partial charge in [0, 0.05) is 49.0 Å². The topological polar surface area (TPSA) is 70.2 Å². The fourth-order valence-corrected chi connectivity index (χ4v) is 3.22. The molecule has 0 unspecified atom stereocenters. The van der Waals surface area contributed by atoms with Crippen molar-refractivity contribution in [2.75, 3.05) is 29.6 Å². The first-order valence-corrected chi connectivity index (χ1v) is 9.69. The molecule has 1 aromatic heterocycles. The van der Waals surface area contributed by atoms with E-state index in [1.807, 2.05) is 74.8 Å². The first-order chi connectivity index (χ1) is 14.5. The number of nitrogens with zero attached hydrogens (tertiary/aromatic N) is 3. The van der Waals surface area contributed by atoms with E-state index in [4.69, 9.17) is 9.97 Å². The minimum atomic E-state index is -0.116. The predicted molar refractivity (Wildman–Crippen MR) is 123 cm³/mol. The van der Waals surface area contributed by atoms with Crippen molar-refractivity contribution in [1.29, 1.82) is 0 Å². The fourth-order valence-electron chi connectivity index (χ4n) is 3.22. The molecule has 0 aliphatic rings. The summed E-state index contributed by atoms with van der Waals surface area (Å²) < 4.78 is 0. The quantitative estimate of drug-likeness (QED) is 0.492.